The minimum Gasteiger partial charge on any atom is -0.441 e. The van der Waals surface area contributed by atoms with Crippen molar-refractivity contribution >= 4 is 35.5 Å². The lowest BCUT2D eigenvalue weighted by atomic mass is 10.0. The Morgan fingerprint density at radius 1 is 0.717 bits per heavy atom. The highest BCUT2D eigenvalue weighted by Crippen LogP contribution is 2.26. The normalized spacial score (nSPS) is 12.0. The van der Waals surface area contributed by atoms with E-state index in [4.69, 9.17) is 30.5 Å². The van der Waals surface area contributed by atoms with Gasteiger partial charge in [-0.25, -0.2) is 0 Å². The van der Waals surface area contributed by atoms with Gasteiger partial charge >= 0.3 is 11.9 Å². The standard InChI is InChI=1S/C36H40N6O4/c1-8-11-34(35(43)45-26(6)41(9-2)32-14-12-30(24(4)16-32)18-28(20-37)21-38)36(44)46-27(7)42(10-3)33-15-13-31(25(5)17-33)19-29(22-39)23-40/h12-19,26-27,34H,8-11H2,1-7H3. The number of hydrogen-bond donors (Lipinski definition) is 0. The summed E-state index contributed by atoms with van der Waals surface area (Å²) in [6.07, 6.45) is 2.49. The van der Waals surface area contributed by atoms with Gasteiger partial charge in [-0.15, -0.1) is 0 Å². The molecule has 2 atom stereocenters. The number of ether oxygens (including phenoxy) is 2. The Balaban J connectivity index is 2.21. The van der Waals surface area contributed by atoms with Crippen molar-refractivity contribution < 1.29 is 19.1 Å². The summed E-state index contributed by atoms with van der Waals surface area (Å²) in [6.45, 7) is 14.0. The van der Waals surface area contributed by atoms with Crippen molar-refractivity contribution in [3.05, 3.63) is 69.8 Å². The van der Waals surface area contributed by atoms with Gasteiger partial charge in [0, 0.05) is 24.5 Å². The number of carbonyl (C=O) groups is 2. The number of esters is 2. The van der Waals surface area contributed by atoms with Crippen molar-refractivity contribution in [2.24, 2.45) is 5.92 Å². The number of rotatable bonds is 14. The third-order valence-corrected chi connectivity index (χ3v) is 7.53. The van der Waals surface area contributed by atoms with E-state index in [0.29, 0.717) is 19.5 Å². The summed E-state index contributed by atoms with van der Waals surface area (Å²) in [5.41, 5.74) is 4.72. The Kier molecular flexibility index (Phi) is 14.0. The summed E-state index contributed by atoms with van der Waals surface area (Å²) in [5, 5.41) is 36.3. The predicted molar refractivity (Wildman–Crippen MR) is 176 cm³/mol. The van der Waals surface area contributed by atoms with Gasteiger partial charge < -0.3 is 19.3 Å². The number of carbonyl (C=O) groups excluding carboxylic acids is 2. The zero-order chi connectivity index (χ0) is 34.4. The van der Waals surface area contributed by atoms with Crippen LogP contribution >= 0.6 is 0 Å². The summed E-state index contributed by atoms with van der Waals surface area (Å²) in [6, 6.07) is 18.5. The maximum Gasteiger partial charge on any atom is 0.322 e. The van der Waals surface area contributed by atoms with Crippen LogP contribution < -0.4 is 9.80 Å². The number of hydrogen-bond acceptors (Lipinski definition) is 10. The minimum atomic E-state index is -1.11. The van der Waals surface area contributed by atoms with Crippen molar-refractivity contribution in [2.75, 3.05) is 22.9 Å². The first-order chi connectivity index (χ1) is 22.0. The lowest BCUT2D eigenvalue weighted by Gasteiger charge is -2.32. The van der Waals surface area contributed by atoms with Gasteiger partial charge in [0.05, 0.1) is 0 Å². The molecule has 46 heavy (non-hydrogen) atoms. The number of nitriles is 4. The van der Waals surface area contributed by atoms with E-state index in [1.54, 1.807) is 26.0 Å². The molecular weight excluding hydrogens is 580 g/mol. The van der Waals surface area contributed by atoms with Crippen LogP contribution in [0.25, 0.3) is 12.2 Å². The molecule has 0 radical (unpaired) electrons. The quantitative estimate of drug-likeness (QED) is 0.0963. The van der Waals surface area contributed by atoms with Gasteiger partial charge in [0.2, 0.25) is 0 Å². The van der Waals surface area contributed by atoms with Gasteiger partial charge in [-0.05, 0) is 107 Å². The lowest BCUT2D eigenvalue weighted by Crippen LogP contribution is -2.42. The van der Waals surface area contributed by atoms with Gasteiger partial charge in [-0.2, -0.15) is 21.0 Å². The second-order valence-corrected chi connectivity index (χ2v) is 10.6. The Morgan fingerprint density at radius 2 is 1.09 bits per heavy atom. The van der Waals surface area contributed by atoms with Crippen molar-refractivity contribution in [2.45, 2.75) is 73.8 Å². The molecule has 2 aromatic rings. The molecule has 0 aliphatic heterocycles. The zero-order valence-corrected chi connectivity index (χ0v) is 27.5. The average Bonchev–Trinajstić information content (AvgIpc) is 3.03. The number of benzene rings is 2. The number of anilines is 2. The molecule has 0 bridgehead atoms. The second-order valence-electron chi connectivity index (χ2n) is 10.6. The van der Waals surface area contributed by atoms with Crippen molar-refractivity contribution in [3.8, 4) is 24.3 Å². The molecule has 238 valence electrons. The van der Waals surface area contributed by atoms with E-state index >= 15 is 0 Å². The molecule has 0 saturated carbocycles. The van der Waals surface area contributed by atoms with Crippen LogP contribution in [0.1, 0.15) is 69.7 Å². The fourth-order valence-electron chi connectivity index (χ4n) is 5.04. The maximum absolute atomic E-state index is 13.4. The van der Waals surface area contributed by atoms with Crippen molar-refractivity contribution in [1.82, 2.24) is 0 Å². The van der Waals surface area contributed by atoms with Gasteiger partial charge in [-0.1, -0.05) is 25.5 Å². The molecule has 0 N–H and O–H groups in total. The highest BCUT2D eigenvalue weighted by atomic mass is 16.6. The highest BCUT2D eigenvalue weighted by Gasteiger charge is 2.33. The summed E-state index contributed by atoms with van der Waals surface area (Å²) in [7, 11) is 0. The molecule has 2 unspecified atom stereocenters. The van der Waals surface area contributed by atoms with Gasteiger partial charge in [0.15, 0.2) is 18.4 Å². The summed E-state index contributed by atoms with van der Waals surface area (Å²) < 4.78 is 11.6. The van der Waals surface area contributed by atoms with Crippen molar-refractivity contribution in [1.29, 1.82) is 21.0 Å². The average molecular weight is 621 g/mol. The molecule has 0 aliphatic rings. The molecule has 10 heteroatoms. The lowest BCUT2D eigenvalue weighted by molar-refractivity contribution is -0.167. The molecule has 2 rings (SSSR count). The Morgan fingerprint density at radius 3 is 1.37 bits per heavy atom. The van der Waals surface area contributed by atoms with E-state index in [9.17, 15) is 9.59 Å². The maximum atomic E-state index is 13.4. The van der Waals surface area contributed by atoms with Crippen LogP contribution in [0.3, 0.4) is 0 Å². The topological polar surface area (TPSA) is 154 Å². The van der Waals surface area contributed by atoms with Crippen LogP contribution in [-0.2, 0) is 19.1 Å². The molecule has 0 aromatic heterocycles. The van der Waals surface area contributed by atoms with E-state index in [0.717, 1.165) is 33.6 Å². The molecule has 0 amide bonds. The van der Waals surface area contributed by atoms with Crippen LogP contribution in [0.4, 0.5) is 11.4 Å². The molecule has 0 fully saturated rings. The third kappa shape index (κ3) is 9.46. The van der Waals surface area contributed by atoms with Crippen molar-refractivity contribution in [3.63, 3.8) is 0 Å². The molecular formula is C36H40N6O4. The predicted octanol–water partition coefficient (Wildman–Crippen LogP) is 6.71. The van der Waals surface area contributed by atoms with E-state index < -0.39 is 30.3 Å². The first-order valence-corrected chi connectivity index (χ1v) is 15.2. The first-order valence-electron chi connectivity index (χ1n) is 15.2. The Labute approximate surface area is 272 Å². The van der Waals surface area contributed by atoms with E-state index in [2.05, 4.69) is 0 Å². The van der Waals surface area contributed by atoms with Crippen LogP contribution in [0, 0.1) is 65.1 Å². The number of allylic oxidation sites excluding steroid dienone is 2. The summed E-state index contributed by atoms with van der Waals surface area (Å²) in [4.78, 5) is 30.5. The summed E-state index contributed by atoms with van der Waals surface area (Å²) in [5.74, 6) is -2.45. The Bertz CT molecular complexity index is 1500. The monoisotopic (exact) mass is 620 g/mol. The molecule has 2 aromatic carbocycles. The smallest absolute Gasteiger partial charge is 0.322 e. The number of aryl methyl sites for hydroxylation is 2. The van der Waals surface area contributed by atoms with Crippen LogP contribution in [0.2, 0.25) is 0 Å². The van der Waals surface area contributed by atoms with E-state index in [1.807, 2.05) is 93.0 Å². The SMILES string of the molecule is CCCC(C(=O)OC(C)N(CC)c1ccc(C=C(C#N)C#N)c(C)c1)C(=O)OC(C)N(CC)c1ccc(C=C(C#N)C#N)c(C)c1. The van der Waals surface area contributed by atoms with Gasteiger partial charge in [0.1, 0.15) is 35.4 Å². The first kappa shape index (κ1) is 36.6. The van der Waals surface area contributed by atoms with E-state index in [-0.39, 0.29) is 17.6 Å². The highest BCUT2D eigenvalue weighted by molar-refractivity contribution is 5.95. The van der Waals surface area contributed by atoms with Crippen LogP contribution in [0.15, 0.2) is 47.5 Å². The largest absolute Gasteiger partial charge is 0.441 e. The molecule has 0 spiro atoms. The van der Waals surface area contributed by atoms with Crippen LogP contribution in [0.5, 0.6) is 0 Å². The van der Waals surface area contributed by atoms with Gasteiger partial charge in [0.25, 0.3) is 0 Å². The minimum absolute atomic E-state index is 0.00305. The Hall–Kier alpha value is -5.58. The zero-order valence-electron chi connectivity index (χ0n) is 27.5. The summed E-state index contributed by atoms with van der Waals surface area (Å²) >= 11 is 0. The number of nitrogens with zero attached hydrogens (tertiary/aromatic N) is 6. The second kappa shape index (κ2) is 17.6. The molecule has 10 nitrogen and oxygen atoms in total. The van der Waals surface area contributed by atoms with Crippen LogP contribution in [-0.4, -0.2) is 37.5 Å². The van der Waals surface area contributed by atoms with Gasteiger partial charge in [-0.3, -0.25) is 9.59 Å². The molecule has 0 saturated heterocycles. The van der Waals surface area contributed by atoms with E-state index in [1.165, 1.54) is 12.2 Å². The third-order valence-electron chi connectivity index (χ3n) is 7.53. The molecule has 0 aliphatic carbocycles. The fraction of sp³-hybridized carbons (Fsp3) is 0.389. The molecule has 0 heterocycles. The fourth-order valence-corrected chi connectivity index (χ4v) is 5.04.